The standard InChI is InChI=1S/C21H26N2O4/c1-2-27-21(26)19(24)22-18-17(14-13-15-9-5-3-6-10-15)23(20(18)25)16-11-7-4-8-12-16/h3,5-6,9-10,13-14,16-18H,2,4,7-8,11-12H2,1H3,(H,22,24)/b14-13+/t17-,18+/m1/s1. The molecular formula is C21H26N2O4. The van der Waals surface area contributed by atoms with Crippen LogP contribution in [0.4, 0.5) is 0 Å². The number of benzene rings is 1. The monoisotopic (exact) mass is 370 g/mol. The fourth-order valence-corrected chi connectivity index (χ4v) is 3.84. The van der Waals surface area contributed by atoms with Crippen molar-refractivity contribution in [2.75, 3.05) is 6.61 Å². The topological polar surface area (TPSA) is 75.7 Å². The molecule has 3 rings (SSSR count). The Labute approximate surface area is 159 Å². The SMILES string of the molecule is CCOC(=O)C(=O)N[C@@H]1C(=O)N(C2CCCCC2)[C@@H]1/C=C/c1ccccc1. The van der Waals surface area contributed by atoms with Gasteiger partial charge in [-0.25, -0.2) is 4.79 Å². The van der Waals surface area contributed by atoms with Crippen LogP contribution in [0.25, 0.3) is 6.08 Å². The fourth-order valence-electron chi connectivity index (χ4n) is 3.84. The summed E-state index contributed by atoms with van der Waals surface area (Å²) in [5.74, 6) is -1.94. The number of nitrogens with one attached hydrogen (secondary N) is 1. The molecule has 2 amide bonds. The van der Waals surface area contributed by atoms with Crippen molar-refractivity contribution in [1.29, 1.82) is 0 Å². The van der Waals surface area contributed by atoms with Crippen molar-refractivity contribution in [3.63, 3.8) is 0 Å². The predicted molar refractivity (Wildman–Crippen MR) is 102 cm³/mol. The van der Waals surface area contributed by atoms with Crippen molar-refractivity contribution in [3.8, 4) is 0 Å². The summed E-state index contributed by atoms with van der Waals surface area (Å²) in [7, 11) is 0. The number of amides is 2. The maximum absolute atomic E-state index is 12.7. The van der Waals surface area contributed by atoms with E-state index in [0.29, 0.717) is 0 Å². The van der Waals surface area contributed by atoms with E-state index in [9.17, 15) is 14.4 Å². The van der Waals surface area contributed by atoms with Gasteiger partial charge in [0.05, 0.1) is 12.6 Å². The zero-order chi connectivity index (χ0) is 19.2. The Morgan fingerprint density at radius 2 is 1.89 bits per heavy atom. The van der Waals surface area contributed by atoms with Crippen LogP contribution in [0.5, 0.6) is 0 Å². The Hall–Kier alpha value is -2.63. The lowest BCUT2D eigenvalue weighted by atomic mass is 9.85. The summed E-state index contributed by atoms with van der Waals surface area (Å²) in [6.07, 6.45) is 9.30. The zero-order valence-electron chi connectivity index (χ0n) is 15.6. The van der Waals surface area contributed by atoms with Gasteiger partial charge < -0.3 is 15.0 Å². The van der Waals surface area contributed by atoms with Gasteiger partial charge in [0, 0.05) is 6.04 Å². The van der Waals surface area contributed by atoms with Crippen LogP contribution in [0.15, 0.2) is 36.4 Å². The van der Waals surface area contributed by atoms with Crippen molar-refractivity contribution in [1.82, 2.24) is 10.2 Å². The van der Waals surface area contributed by atoms with Crippen LogP contribution in [0, 0.1) is 0 Å². The molecule has 1 saturated heterocycles. The molecule has 1 N–H and O–H groups in total. The highest BCUT2D eigenvalue weighted by Gasteiger charge is 2.50. The third-order valence-corrected chi connectivity index (χ3v) is 5.18. The van der Waals surface area contributed by atoms with Crippen LogP contribution in [-0.2, 0) is 19.1 Å². The first-order chi connectivity index (χ1) is 13.1. The summed E-state index contributed by atoms with van der Waals surface area (Å²) < 4.78 is 4.72. The first kappa shape index (κ1) is 19.1. The highest BCUT2D eigenvalue weighted by molar-refractivity contribution is 6.33. The van der Waals surface area contributed by atoms with E-state index in [4.69, 9.17) is 4.74 Å². The lowest BCUT2D eigenvalue weighted by Gasteiger charge is -2.50. The van der Waals surface area contributed by atoms with Gasteiger partial charge >= 0.3 is 11.9 Å². The second-order valence-corrected chi connectivity index (χ2v) is 6.97. The largest absolute Gasteiger partial charge is 0.459 e. The molecule has 1 saturated carbocycles. The first-order valence-electron chi connectivity index (χ1n) is 9.65. The first-order valence-corrected chi connectivity index (χ1v) is 9.65. The maximum Gasteiger partial charge on any atom is 0.396 e. The van der Waals surface area contributed by atoms with E-state index in [1.165, 1.54) is 6.42 Å². The maximum atomic E-state index is 12.7. The molecule has 0 aromatic heterocycles. The van der Waals surface area contributed by atoms with Gasteiger partial charge in [-0.05, 0) is 25.3 Å². The Morgan fingerprint density at radius 3 is 2.56 bits per heavy atom. The van der Waals surface area contributed by atoms with E-state index in [0.717, 1.165) is 31.2 Å². The Bertz CT molecular complexity index is 710. The molecule has 1 aliphatic carbocycles. The number of ether oxygens (including phenoxy) is 1. The van der Waals surface area contributed by atoms with Crippen LogP contribution in [-0.4, -0.2) is 47.4 Å². The van der Waals surface area contributed by atoms with Gasteiger partial charge in [-0.1, -0.05) is 61.7 Å². The van der Waals surface area contributed by atoms with Crippen molar-refractivity contribution in [2.24, 2.45) is 0 Å². The molecule has 2 aliphatic rings. The molecule has 0 spiro atoms. The van der Waals surface area contributed by atoms with Crippen LogP contribution in [0.2, 0.25) is 0 Å². The third-order valence-electron chi connectivity index (χ3n) is 5.18. The normalized spacial score (nSPS) is 23.1. The van der Waals surface area contributed by atoms with Crippen molar-refractivity contribution >= 4 is 23.9 Å². The highest BCUT2D eigenvalue weighted by atomic mass is 16.5. The second kappa shape index (κ2) is 8.84. The van der Waals surface area contributed by atoms with Gasteiger partial charge in [-0.15, -0.1) is 0 Å². The summed E-state index contributed by atoms with van der Waals surface area (Å²) in [4.78, 5) is 38.2. The summed E-state index contributed by atoms with van der Waals surface area (Å²) in [6, 6.07) is 9.04. The quantitative estimate of drug-likeness (QED) is 0.490. The molecule has 1 aliphatic heterocycles. The number of hydrogen-bond donors (Lipinski definition) is 1. The molecule has 27 heavy (non-hydrogen) atoms. The molecule has 6 heteroatoms. The number of rotatable bonds is 5. The van der Waals surface area contributed by atoms with E-state index < -0.39 is 17.9 Å². The van der Waals surface area contributed by atoms with Crippen LogP contribution < -0.4 is 5.32 Å². The number of β-lactam (4-membered cyclic amide) rings is 1. The molecule has 1 aromatic carbocycles. The highest BCUT2D eigenvalue weighted by Crippen LogP contribution is 2.32. The Kier molecular flexibility index (Phi) is 6.27. The van der Waals surface area contributed by atoms with Gasteiger partial charge in [0.25, 0.3) is 0 Å². The molecule has 2 fully saturated rings. The molecular weight excluding hydrogens is 344 g/mol. The van der Waals surface area contributed by atoms with E-state index in [1.54, 1.807) is 6.92 Å². The fraction of sp³-hybridized carbons (Fsp3) is 0.476. The van der Waals surface area contributed by atoms with Gasteiger partial charge in [-0.3, -0.25) is 9.59 Å². The molecule has 0 bridgehead atoms. The average molecular weight is 370 g/mol. The molecule has 0 radical (unpaired) electrons. The number of carbonyl (C=O) groups is 3. The smallest absolute Gasteiger partial charge is 0.396 e. The van der Waals surface area contributed by atoms with E-state index in [1.807, 2.05) is 47.4 Å². The van der Waals surface area contributed by atoms with E-state index in [-0.39, 0.29) is 24.6 Å². The van der Waals surface area contributed by atoms with Crippen molar-refractivity contribution < 1.29 is 19.1 Å². The second-order valence-electron chi connectivity index (χ2n) is 6.97. The van der Waals surface area contributed by atoms with Crippen molar-refractivity contribution in [2.45, 2.75) is 57.2 Å². The van der Waals surface area contributed by atoms with Gasteiger partial charge in [0.2, 0.25) is 5.91 Å². The summed E-state index contributed by atoms with van der Waals surface area (Å²) in [6.45, 7) is 1.76. The summed E-state index contributed by atoms with van der Waals surface area (Å²) >= 11 is 0. The number of carbonyl (C=O) groups excluding carboxylic acids is 3. The van der Waals surface area contributed by atoms with Gasteiger partial charge in [0.1, 0.15) is 6.04 Å². The third kappa shape index (κ3) is 4.38. The Morgan fingerprint density at radius 1 is 1.19 bits per heavy atom. The minimum atomic E-state index is -0.952. The summed E-state index contributed by atoms with van der Waals surface area (Å²) in [5.41, 5.74) is 1.02. The predicted octanol–water partition coefficient (Wildman–Crippen LogP) is 2.29. The number of nitrogens with zero attached hydrogens (tertiary/aromatic N) is 1. The van der Waals surface area contributed by atoms with Crippen molar-refractivity contribution in [3.05, 3.63) is 42.0 Å². The summed E-state index contributed by atoms with van der Waals surface area (Å²) in [5, 5.41) is 2.55. The Balaban J connectivity index is 1.74. The van der Waals surface area contributed by atoms with Crippen LogP contribution >= 0.6 is 0 Å². The minimum absolute atomic E-state index is 0.121. The molecule has 144 valence electrons. The van der Waals surface area contributed by atoms with Crippen LogP contribution in [0.1, 0.15) is 44.6 Å². The van der Waals surface area contributed by atoms with Crippen LogP contribution in [0.3, 0.4) is 0 Å². The zero-order valence-corrected chi connectivity index (χ0v) is 15.6. The molecule has 1 aromatic rings. The lowest BCUT2D eigenvalue weighted by molar-refractivity contribution is -0.160. The molecule has 1 heterocycles. The van der Waals surface area contributed by atoms with Gasteiger partial charge in [-0.2, -0.15) is 0 Å². The van der Waals surface area contributed by atoms with E-state index >= 15 is 0 Å². The number of hydrogen-bond acceptors (Lipinski definition) is 4. The molecule has 6 nitrogen and oxygen atoms in total. The lowest BCUT2D eigenvalue weighted by Crippen LogP contribution is -2.72. The molecule has 2 atom stereocenters. The number of likely N-dealkylation sites (tertiary alicyclic amines) is 1. The number of esters is 1. The molecule has 0 unspecified atom stereocenters. The van der Waals surface area contributed by atoms with Gasteiger partial charge in [0.15, 0.2) is 0 Å². The average Bonchev–Trinajstić information content (AvgIpc) is 2.70. The minimum Gasteiger partial charge on any atom is -0.459 e. The van der Waals surface area contributed by atoms with E-state index in [2.05, 4.69) is 5.32 Å².